The Morgan fingerprint density at radius 3 is 2.80 bits per heavy atom. The van der Waals surface area contributed by atoms with E-state index in [9.17, 15) is 4.39 Å². The van der Waals surface area contributed by atoms with Crippen molar-refractivity contribution >= 4 is 0 Å². The summed E-state index contributed by atoms with van der Waals surface area (Å²) >= 11 is 0. The molecule has 15 heavy (non-hydrogen) atoms. The molecule has 0 aromatic heterocycles. The molecule has 0 spiro atoms. The lowest BCUT2D eigenvalue weighted by molar-refractivity contribution is 0.382. The number of halogens is 1. The molecule has 4 heteroatoms. The number of nitrogens with two attached hydrogens (primary N) is 1. The smallest absolute Gasteiger partial charge is 0.131 e. The van der Waals surface area contributed by atoms with E-state index in [0.29, 0.717) is 17.2 Å². The molecule has 0 radical (unpaired) electrons. The summed E-state index contributed by atoms with van der Waals surface area (Å²) in [5.41, 5.74) is 3.22. The lowest BCUT2D eigenvalue weighted by Crippen LogP contribution is -2.30. The van der Waals surface area contributed by atoms with Crippen molar-refractivity contribution < 1.29 is 9.13 Å². The third-order valence-corrected chi connectivity index (χ3v) is 2.82. The van der Waals surface area contributed by atoms with Gasteiger partial charge in [0, 0.05) is 5.56 Å². The van der Waals surface area contributed by atoms with Gasteiger partial charge >= 0.3 is 0 Å². The maximum Gasteiger partial charge on any atom is 0.131 e. The van der Waals surface area contributed by atoms with Gasteiger partial charge in [0.05, 0.1) is 13.2 Å². The van der Waals surface area contributed by atoms with Crippen molar-refractivity contribution in [3.8, 4) is 5.75 Å². The van der Waals surface area contributed by atoms with Gasteiger partial charge < -0.3 is 4.74 Å². The Balaban J connectivity index is 2.38. The van der Waals surface area contributed by atoms with E-state index in [-0.39, 0.29) is 11.9 Å². The minimum atomic E-state index is -0.260. The van der Waals surface area contributed by atoms with Gasteiger partial charge in [-0.2, -0.15) is 0 Å². The molecule has 1 fully saturated rings. The van der Waals surface area contributed by atoms with Crippen molar-refractivity contribution in [3.63, 3.8) is 0 Å². The van der Waals surface area contributed by atoms with Crippen LogP contribution >= 0.6 is 0 Å². The molecule has 0 aliphatic heterocycles. The van der Waals surface area contributed by atoms with Crippen LogP contribution in [0.4, 0.5) is 4.39 Å². The number of hydrazine groups is 1. The standard InChI is InChI=1S/C11H15FN2O/c1-15-9-4-2-3-8(12)10(9)11(14-13)7-5-6-7/h2-4,7,11,14H,5-6,13H2,1H3. The number of benzene rings is 1. The highest BCUT2D eigenvalue weighted by molar-refractivity contribution is 5.38. The summed E-state index contributed by atoms with van der Waals surface area (Å²) in [6.45, 7) is 0. The molecule has 3 N–H and O–H groups in total. The summed E-state index contributed by atoms with van der Waals surface area (Å²) in [4.78, 5) is 0. The van der Waals surface area contributed by atoms with Gasteiger partial charge in [0.1, 0.15) is 11.6 Å². The summed E-state index contributed by atoms with van der Waals surface area (Å²) in [6.07, 6.45) is 2.18. The highest BCUT2D eigenvalue weighted by Crippen LogP contribution is 2.43. The van der Waals surface area contributed by atoms with Gasteiger partial charge in [-0.3, -0.25) is 11.3 Å². The van der Waals surface area contributed by atoms with Crippen LogP contribution in [0.2, 0.25) is 0 Å². The van der Waals surface area contributed by atoms with Crippen LogP contribution in [0.15, 0.2) is 18.2 Å². The maximum atomic E-state index is 13.7. The van der Waals surface area contributed by atoms with Crippen molar-refractivity contribution in [2.24, 2.45) is 11.8 Å². The van der Waals surface area contributed by atoms with E-state index < -0.39 is 0 Å². The lowest BCUT2D eigenvalue weighted by atomic mass is 10.0. The van der Waals surface area contributed by atoms with Gasteiger partial charge in [0.2, 0.25) is 0 Å². The third-order valence-electron chi connectivity index (χ3n) is 2.82. The minimum absolute atomic E-state index is 0.138. The third kappa shape index (κ3) is 1.96. The molecular weight excluding hydrogens is 195 g/mol. The molecule has 1 aliphatic carbocycles. The molecule has 1 aliphatic rings. The summed E-state index contributed by atoms with van der Waals surface area (Å²) < 4.78 is 18.8. The lowest BCUT2D eigenvalue weighted by Gasteiger charge is -2.19. The van der Waals surface area contributed by atoms with E-state index in [2.05, 4.69) is 5.43 Å². The Morgan fingerprint density at radius 2 is 2.27 bits per heavy atom. The van der Waals surface area contributed by atoms with Crippen LogP contribution in [-0.4, -0.2) is 7.11 Å². The molecule has 82 valence electrons. The summed E-state index contributed by atoms with van der Waals surface area (Å²) in [6, 6.07) is 4.69. The molecule has 3 nitrogen and oxygen atoms in total. The maximum absolute atomic E-state index is 13.7. The molecule has 0 amide bonds. The second-order valence-electron chi connectivity index (χ2n) is 3.84. The quantitative estimate of drug-likeness (QED) is 0.588. The van der Waals surface area contributed by atoms with Crippen LogP contribution in [-0.2, 0) is 0 Å². The van der Waals surface area contributed by atoms with E-state index in [4.69, 9.17) is 10.6 Å². The van der Waals surface area contributed by atoms with Gasteiger partial charge in [0.15, 0.2) is 0 Å². The van der Waals surface area contributed by atoms with Crippen molar-refractivity contribution in [1.29, 1.82) is 0 Å². The second kappa shape index (κ2) is 4.16. The van der Waals surface area contributed by atoms with Crippen LogP contribution in [0.3, 0.4) is 0 Å². The zero-order chi connectivity index (χ0) is 10.8. The molecule has 1 saturated carbocycles. The second-order valence-corrected chi connectivity index (χ2v) is 3.84. The van der Waals surface area contributed by atoms with E-state index in [1.54, 1.807) is 19.2 Å². The molecule has 0 bridgehead atoms. The van der Waals surface area contributed by atoms with Crippen molar-refractivity contribution in [2.45, 2.75) is 18.9 Å². The highest BCUT2D eigenvalue weighted by Gasteiger charge is 2.34. The van der Waals surface area contributed by atoms with Crippen LogP contribution in [0.25, 0.3) is 0 Å². The first kappa shape index (κ1) is 10.4. The molecule has 1 aromatic carbocycles. The summed E-state index contributed by atoms with van der Waals surface area (Å²) in [5.74, 6) is 6.20. The Morgan fingerprint density at radius 1 is 1.53 bits per heavy atom. The van der Waals surface area contributed by atoms with Crippen LogP contribution < -0.4 is 16.0 Å². The van der Waals surface area contributed by atoms with Crippen molar-refractivity contribution in [2.75, 3.05) is 7.11 Å². The van der Waals surface area contributed by atoms with Gasteiger partial charge in [-0.25, -0.2) is 4.39 Å². The van der Waals surface area contributed by atoms with Gasteiger partial charge in [-0.05, 0) is 30.9 Å². The number of hydrogen-bond donors (Lipinski definition) is 2. The first-order valence-corrected chi connectivity index (χ1v) is 5.06. The zero-order valence-corrected chi connectivity index (χ0v) is 8.66. The van der Waals surface area contributed by atoms with E-state index >= 15 is 0 Å². The van der Waals surface area contributed by atoms with E-state index in [0.717, 1.165) is 12.8 Å². The predicted octanol–water partition coefficient (Wildman–Crippen LogP) is 1.75. The van der Waals surface area contributed by atoms with Crippen LogP contribution in [0.5, 0.6) is 5.75 Å². The highest BCUT2D eigenvalue weighted by atomic mass is 19.1. The Hall–Kier alpha value is -1.13. The van der Waals surface area contributed by atoms with Gasteiger partial charge in [0.25, 0.3) is 0 Å². The Labute approximate surface area is 88.4 Å². The van der Waals surface area contributed by atoms with Gasteiger partial charge in [-0.1, -0.05) is 6.07 Å². The zero-order valence-electron chi connectivity index (χ0n) is 8.66. The molecule has 0 saturated heterocycles. The van der Waals surface area contributed by atoms with Gasteiger partial charge in [-0.15, -0.1) is 0 Å². The molecule has 1 aromatic rings. The molecule has 0 heterocycles. The predicted molar refractivity (Wildman–Crippen MR) is 55.7 cm³/mol. The number of hydrogen-bond acceptors (Lipinski definition) is 3. The minimum Gasteiger partial charge on any atom is -0.496 e. The SMILES string of the molecule is COc1cccc(F)c1C(NN)C1CC1. The molecule has 1 unspecified atom stereocenters. The first-order chi connectivity index (χ1) is 7.27. The normalized spacial score (nSPS) is 17.5. The Bertz CT molecular complexity index is 352. The van der Waals surface area contributed by atoms with Crippen molar-refractivity contribution in [3.05, 3.63) is 29.6 Å². The number of rotatable bonds is 4. The number of ether oxygens (including phenoxy) is 1. The average molecular weight is 210 g/mol. The molecule has 1 atom stereocenters. The van der Waals surface area contributed by atoms with Crippen molar-refractivity contribution in [1.82, 2.24) is 5.43 Å². The molecule has 2 rings (SSSR count). The topological polar surface area (TPSA) is 47.3 Å². The average Bonchev–Trinajstić information content (AvgIpc) is 3.05. The van der Waals surface area contributed by atoms with Crippen LogP contribution in [0, 0.1) is 11.7 Å². The number of methoxy groups -OCH3 is 1. The summed E-state index contributed by atoms with van der Waals surface area (Å²) in [7, 11) is 1.54. The summed E-state index contributed by atoms with van der Waals surface area (Å²) in [5, 5.41) is 0. The Kier molecular flexibility index (Phi) is 2.88. The number of nitrogens with one attached hydrogen (secondary N) is 1. The molecular formula is C11H15FN2O. The fraction of sp³-hybridized carbons (Fsp3) is 0.455. The van der Waals surface area contributed by atoms with E-state index in [1.807, 2.05) is 0 Å². The monoisotopic (exact) mass is 210 g/mol. The van der Waals surface area contributed by atoms with E-state index in [1.165, 1.54) is 6.07 Å². The first-order valence-electron chi connectivity index (χ1n) is 5.06. The largest absolute Gasteiger partial charge is 0.496 e. The van der Waals surface area contributed by atoms with Crippen LogP contribution in [0.1, 0.15) is 24.4 Å². The fourth-order valence-electron chi connectivity index (χ4n) is 1.88. The fourth-order valence-corrected chi connectivity index (χ4v) is 1.88.